The number of hydrogen-bond acceptors (Lipinski definition) is 6. The summed E-state index contributed by atoms with van der Waals surface area (Å²) in [6.07, 6.45) is 1.42. The molecule has 2 amide bonds. The number of carbonyl (C=O) groups excluding carboxylic acids is 1. The Hall–Kier alpha value is -3.65. The second-order valence-electron chi connectivity index (χ2n) is 7.97. The minimum absolute atomic E-state index is 0.0958. The van der Waals surface area contributed by atoms with Crippen molar-refractivity contribution in [1.29, 1.82) is 5.26 Å². The van der Waals surface area contributed by atoms with E-state index in [1.807, 2.05) is 0 Å². The molecule has 2 aliphatic rings. The van der Waals surface area contributed by atoms with Crippen molar-refractivity contribution in [3.05, 3.63) is 41.8 Å². The maximum atomic E-state index is 13.2. The van der Waals surface area contributed by atoms with E-state index in [9.17, 15) is 24.3 Å². The number of nitriles is 1. The first-order chi connectivity index (χ1) is 15.4. The van der Waals surface area contributed by atoms with Gasteiger partial charge in [0, 0.05) is 31.0 Å². The van der Waals surface area contributed by atoms with Gasteiger partial charge in [-0.15, -0.1) is 0 Å². The molecule has 4 atom stereocenters. The molecular formula is C21H23FN6O4. The molecule has 4 N–H and O–H groups in total. The Morgan fingerprint density at radius 1 is 1.31 bits per heavy atom. The summed E-state index contributed by atoms with van der Waals surface area (Å²) in [6.45, 7) is 1.14. The molecule has 2 unspecified atom stereocenters. The number of ether oxygens (including phenoxy) is 1. The highest BCUT2D eigenvalue weighted by Gasteiger charge is 2.46. The molecule has 2 saturated heterocycles. The zero-order valence-corrected chi connectivity index (χ0v) is 17.1. The maximum Gasteiger partial charge on any atom is 0.407 e. The maximum absolute atomic E-state index is 13.2. The van der Waals surface area contributed by atoms with E-state index in [1.165, 1.54) is 40.0 Å². The number of benzene rings is 1. The van der Waals surface area contributed by atoms with Gasteiger partial charge in [0.2, 0.25) is 0 Å². The molecule has 2 aliphatic heterocycles. The molecule has 10 nitrogen and oxygen atoms in total. The van der Waals surface area contributed by atoms with Crippen LogP contribution in [0.25, 0.3) is 0 Å². The van der Waals surface area contributed by atoms with Gasteiger partial charge in [0.1, 0.15) is 11.4 Å². The fourth-order valence-electron chi connectivity index (χ4n) is 4.58. The summed E-state index contributed by atoms with van der Waals surface area (Å²) >= 11 is 0. The fraction of sp³-hybridized carbons (Fsp3) is 0.429. The van der Waals surface area contributed by atoms with Crippen LogP contribution in [0.5, 0.6) is 0 Å². The molecule has 0 bridgehead atoms. The lowest BCUT2D eigenvalue weighted by Gasteiger charge is -2.43. The Kier molecular flexibility index (Phi) is 5.96. The summed E-state index contributed by atoms with van der Waals surface area (Å²) in [5.74, 6) is -1.71. The topological polar surface area (TPSA) is 146 Å². The number of likely N-dealkylation sites (tertiary alicyclic amines) is 1. The molecule has 168 valence electrons. The van der Waals surface area contributed by atoms with Gasteiger partial charge in [0.25, 0.3) is 5.91 Å². The van der Waals surface area contributed by atoms with Crippen LogP contribution in [0.2, 0.25) is 0 Å². The van der Waals surface area contributed by atoms with Crippen molar-refractivity contribution in [2.45, 2.75) is 24.9 Å². The zero-order chi connectivity index (χ0) is 22.8. The third-order valence-electron chi connectivity index (χ3n) is 6.09. The lowest BCUT2D eigenvalue weighted by molar-refractivity contribution is 0.0351. The van der Waals surface area contributed by atoms with Crippen LogP contribution in [-0.4, -0.2) is 57.6 Å². The zero-order valence-electron chi connectivity index (χ0n) is 17.1. The number of aromatic nitrogens is 2. The van der Waals surface area contributed by atoms with Crippen molar-refractivity contribution in [2.75, 3.05) is 25.1 Å². The van der Waals surface area contributed by atoms with Gasteiger partial charge in [0.05, 0.1) is 30.7 Å². The summed E-state index contributed by atoms with van der Waals surface area (Å²) < 4.78 is 20.2. The average Bonchev–Trinajstić information content (AvgIpc) is 3.44. The highest BCUT2D eigenvalue weighted by Crippen LogP contribution is 2.39. The third-order valence-corrected chi connectivity index (χ3v) is 6.09. The number of halogens is 1. The molecule has 1 aromatic carbocycles. The number of piperidine rings is 1. The smallest absolute Gasteiger partial charge is 0.407 e. The van der Waals surface area contributed by atoms with Gasteiger partial charge in [-0.2, -0.15) is 10.4 Å². The number of amides is 2. The summed E-state index contributed by atoms with van der Waals surface area (Å²) in [7, 11) is 0. The van der Waals surface area contributed by atoms with Crippen LogP contribution in [0.15, 0.2) is 30.5 Å². The van der Waals surface area contributed by atoms with Gasteiger partial charge in [0.15, 0.2) is 5.82 Å². The van der Waals surface area contributed by atoms with E-state index in [1.54, 1.807) is 0 Å². The van der Waals surface area contributed by atoms with Gasteiger partial charge in [-0.05, 0) is 37.1 Å². The van der Waals surface area contributed by atoms with Crippen molar-refractivity contribution in [2.24, 2.45) is 17.6 Å². The molecule has 4 rings (SSSR count). The van der Waals surface area contributed by atoms with Crippen LogP contribution in [0.3, 0.4) is 0 Å². The number of carbonyl (C=O) groups is 2. The number of primary amides is 1. The predicted molar refractivity (Wildman–Crippen MR) is 111 cm³/mol. The molecular weight excluding hydrogens is 419 g/mol. The van der Waals surface area contributed by atoms with E-state index in [4.69, 9.17) is 10.5 Å². The van der Waals surface area contributed by atoms with Crippen LogP contribution in [0.1, 0.15) is 29.2 Å². The van der Waals surface area contributed by atoms with Gasteiger partial charge in [-0.25, -0.2) is 9.18 Å². The first-order valence-corrected chi connectivity index (χ1v) is 10.3. The predicted octanol–water partition coefficient (Wildman–Crippen LogP) is 2.33. The molecule has 0 spiro atoms. The molecule has 0 aliphatic carbocycles. The number of nitrogens with one attached hydrogen (secondary N) is 1. The standard InChI is InChI=1S/C21H23FN6O4/c22-13-1-3-14(4-2-13)25-20-16(19(24)29)10-28(26-20)17-5-7-27(21(30)31)18(15(17)9-23)12-6-8-32-11-12/h1-4,10,12,15,17-18H,5-8,11H2,(H2,24,29)(H,25,26)(H,30,31)/t12?,15-,17+,18?/m0/s1. The highest BCUT2D eigenvalue weighted by molar-refractivity contribution is 5.98. The van der Waals surface area contributed by atoms with E-state index in [2.05, 4.69) is 16.5 Å². The third kappa shape index (κ3) is 4.09. The van der Waals surface area contributed by atoms with Crippen molar-refractivity contribution in [3.63, 3.8) is 0 Å². The second-order valence-corrected chi connectivity index (χ2v) is 7.97. The minimum atomic E-state index is -1.07. The van der Waals surface area contributed by atoms with Crippen LogP contribution >= 0.6 is 0 Å². The normalized spacial score (nSPS) is 25.3. The SMILES string of the molecule is N#C[C@@H]1C(C2CCOC2)N(C(=O)O)CC[C@H]1n1cc(C(N)=O)c(Nc2ccc(F)cc2)n1. The Bertz CT molecular complexity index is 1040. The van der Waals surface area contributed by atoms with Gasteiger partial charge in [-0.1, -0.05) is 0 Å². The molecule has 2 aromatic rings. The van der Waals surface area contributed by atoms with Crippen molar-refractivity contribution in [3.8, 4) is 6.07 Å². The molecule has 0 saturated carbocycles. The first-order valence-electron chi connectivity index (χ1n) is 10.3. The quantitative estimate of drug-likeness (QED) is 0.644. The van der Waals surface area contributed by atoms with Gasteiger partial charge in [-0.3, -0.25) is 9.48 Å². The van der Waals surface area contributed by atoms with E-state index < -0.39 is 35.8 Å². The second kappa shape index (κ2) is 8.84. The number of nitrogens with two attached hydrogens (primary N) is 1. The summed E-state index contributed by atoms with van der Waals surface area (Å²) in [6, 6.07) is 6.81. The average molecular weight is 442 g/mol. The number of carboxylic acid groups (broad SMARTS) is 1. The van der Waals surface area contributed by atoms with Crippen LogP contribution in [0, 0.1) is 29.0 Å². The molecule has 32 heavy (non-hydrogen) atoms. The number of anilines is 2. The van der Waals surface area contributed by atoms with E-state index >= 15 is 0 Å². The Morgan fingerprint density at radius 3 is 2.66 bits per heavy atom. The summed E-state index contributed by atoms with van der Waals surface area (Å²) in [5.41, 5.74) is 6.16. The van der Waals surface area contributed by atoms with E-state index in [0.29, 0.717) is 31.7 Å². The summed E-state index contributed by atoms with van der Waals surface area (Å²) in [5, 5.41) is 27.1. The van der Waals surface area contributed by atoms with Crippen LogP contribution < -0.4 is 11.1 Å². The largest absolute Gasteiger partial charge is 0.465 e. The minimum Gasteiger partial charge on any atom is -0.465 e. The fourth-order valence-corrected chi connectivity index (χ4v) is 4.58. The number of hydrogen-bond donors (Lipinski definition) is 3. The number of rotatable bonds is 5. The van der Waals surface area contributed by atoms with Crippen LogP contribution in [0.4, 0.5) is 20.7 Å². The van der Waals surface area contributed by atoms with Crippen molar-refractivity contribution in [1.82, 2.24) is 14.7 Å². The van der Waals surface area contributed by atoms with Gasteiger partial charge < -0.3 is 25.8 Å². The molecule has 2 fully saturated rings. The van der Waals surface area contributed by atoms with Crippen molar-refractivity contribution < 1.29 is 23.8 Å². The Morgan fingerprint density at radius 2 is 2.06 bits per heavy atom. The summed E-state index contributed by atoms with van der Waals surface area (Å²) in [4.78, 5) is 25.2. The lowest BCUT2D eigenvalue weighted by atomic mass is 9.78. The molecule has 0 radical (unpaired) electrons. The number of nitrogens with zero attached hydrogens (tertiary/aromatic N) is 4. The Labute approximate surface area is 183 Å². The molecule has 1 aromatic heterocycles. The van der Waals surface area contributed by atoms with Gasteiger partial charge >= 0.3 is 6.09 Å². The monoisotopic (exact) mass is 442 g/mol. The highest BCUT2D eigenvalue weighted by atomic mass is 19.1. The van der Waals surface area contributed by atoms with Crippen molar-refractivity contribution >= 4 is 23.5 Å². The molecule has 11 heteroatoms. The van der Waals surface area contributed by atoms with E-state index in [-0.39, 0.29) is 23.8 Å². The molecule has 3 heterocycles. The lowest BCUT2D eigenvalue weighted by Crippen LogP contribution is -2.54. The first kappa shape index (κ1) is 21.6. The Balaban J connectivity index is 1.67. The van der Waals surface area contributed by atoms with E-state index in [0.717, 1.165) is 0 Å². The van der Waals surface area contributed by atoms with Crippen LogP contribution in [-0.2, 0) is 4.74 Å².